The highest BCUT2D eigenvalue weighted by Gasteiger charge is 2.22. The highest BCUT2D eigenvalue weighted by Crippen LogP contribution is 2.24. The molecule has 1 aliphatic rings. The summed E-state index contributed by atoms with van der Waals surface area (Å²) < 4.78 is 5.25. The zero-order valence-electron chi connectivity index (χ0n) is 9.42. The molecule has 0 atom stereocenters. The highest BCUT2D eigenvalue weighted by molar-refractivity contribution is 5.72. The van der Waals surface area contributed by atoms with Gasteiger partial charge in [0.15, 0.2) is 0 Å². The van der Waals surface area contributed by atoms with Crippen molar-refractivity contribution in [2.45, 2.75) is 52.4 Å². The van der Waals surface area contributed by atoms with E-state index < -0.39 is 0 Å². The molecule has 0 spiro atoms. The van der Waals surface area contributed by atoms with E-state index in [1.807, 2.05) is 0 Å². The normalized spacial score (nSPS) is 18.5. The number of esters is 1. The molecule has 82 valence electrons. The SMILES string of the molecule is CC(C)CCOC(=O)C1CCCCC1. The van der Waals surface area contributed by atoms with Gasteiger partial charge in [-0.1, -0.05) is 33.1 Å². The molecule has 0 aliphatic heterocycles. The first kappa shape index (κ1) is 11.5. The molecule has 0 aromatic rings. The summed E-state index contributed by atoms with van der Waals surface area (Å²) in [6, 6.07) is 0. The van der Waals surface area contributed by atoms with Gasteiger partial charge < -0.3 is 4.74 Å². The van der Waals surface area contributed by atoms with E-state index in [0.29, 0.717) is 12.5 Å². The molecule has 1 fully saturated rings. The minimum Gasteiger partial charge on any atom is -0.465 e. The molecule has 0 amide bonds. The summed E-state index contributed by atoms with van der Waals surface area (Å²) in [7, 11) is 0. The Balaban J connectivity index is 2.13. The fourth-order valence-corrected chi connectivity index (χ4v) is 1.85. The Bertz CT molecular complexity index is 169. The van der Waals surface area contributed by atoms with Gasteiger partial charge in [-0.05, 0) is 25.2 Å². The predicted molar refractivity (Wildman–Crippen MR) is 57.0 cm³/mol. The van der Waals surface area contributed by atoms with Gasteiger partial charge in [-0.25, -0.2) is 0 Å². The van der Waals surface area contributed by atoms with Crippen LogP contribution in [0.4, 0.5) is 0 Å². The van der Waals surface area contributed by atoms with Crippen molar-refractivity contribution in [1.82, 2.24) is 0 Å². The Hall–Kier alpha value is -0.530. The zero-order valence-corrected chi connectivity index (χ0v) is 9.42. The van der Waals surface area contributed by atoms with E-state index in [-0.39, 0.29) is 11.9 Å². The number of hydrogen-bond acceptors (Lipinski definition) is 2. The average molecular weight is 198 g/mol. The van der Waals surface area contributed by atoms with Crippen LogP contribution in [-0.4, -0.2) is 12.6 Å². The summed E-state index contributed by atoms with van der Waals surface area (Å²) in [5.41, 5.74) is 0. The minimum atomic E-state index is 0.0466. The predicted octanol–water partition coefficient (Wildman–Crippen LogP) is 3.16. The molecule has 0 heterocycles. The van der Waals surface area contributed by atoms with Crippen LogP contribution in [0.3, 0.4) is 0 Å². The highest BCUT2D eigenvalue weighted by atomic mass is 16.5. The van der Waals surface area contributed by atoms with Gasteiger partial charge in [-0.2, -0.15) is 0 Å². The molecule has 0 radical (unpaired) electrons. The molecule has 0 saturated heterocycles. The van der Waals surface area contributed by atoms with Crippen LogP contribution in [0.25, 0.3) is 0 Å². The fraction of sp³-hybridized carbons (Fsp3) is 0.917. The maximum atomic E-state index is 11.6. The van der Waals surface area contributed by atoms with Gasteiger partial charge in [-0.15, -0.1) is 0 Å². The van der Waals surface area contributed by atoms with Crippen LogP contribution in [0.5, 0.6) is 0 Å². The number of carbonyl (C=O) groups is 1. The van der Waals surface area contributed by atoms with Gasteiger partial charge in [0.1, 0.15) is 0 Å². The van der Waals surface area contributed by atoms with E-state index in [1.54, 1.807) is 0 Å². The summed E-state index contributed by atoms with van der Waals surface area (Å²) in [6.45, 7) is 4.90. The molecule has 1 rings (SSSR count). The number of ether oxygens (including phenoxy) is 1. The van der Waals surface area contributed by atoms with Crippen molar-refractivity contribution >= 4 is 5.97 Å². The molecule has 0 unspecified atom stereocenters. The van der Waals surface area contributed by atoms with Gasteiger partial charge in [0, 0.05) is 0 Å². The van der Waals surface area contributed by atoms with E-state index >= 15 is 0 Å². The molecular weight excluding hydrogens is 176 g/mol. The van der Waals surface area contributed by atoms with E-state index in [9.17, 15) is 4.79 Å². The Labute approximate surface area is 87.0 Å². The summed E-state index contributed by atoms with van der Waals surface area (Å²) in [5, 5.41) is 0. The third kappa shape index (κ3) is 4.12. The van der Waals surface area contributed by atoms with Crippen molar-refractivity contribution in [2.24, 2.45) is 11.8 Å². The molecule has 0 aromatic heterocycles. The fourth-order valence-electron chi connectivity index (χ4n) is 1.85. The minimum absolute atomic E-state index is 0.0466. The van der Waals surface area contributed by atoms with Crippen LogP contribution in [-0.2, 0) is 9.53 Å². The largest absolute Gasteiger partial charge is 0.465 e. The van der Waals surface area contributed by atoms with Crippen molar-refractivity contribution < 1.29 is 9.53 Å². The summed E-state index contributed by atoms with van der Waals surface area (Å²) >= 11 is 0. The lowest BCUT2D eigenvalue weighted by Gasteiger charge is -2.20. The molecule has 14 heavy (non-hydrogen) atoms. The quantitative estimate of drug-likeness (QED) is 0.649. The van der Waals surface area contributed by atoms with Gasteiger partial charge in [0.05, 0.1) is 12.5 Å². The second-order valence-electron chi connectivity index (χ2n) is 4.68. The van der Waals surface area contributed by atoms with Crippen molar-refractivity contribution in [1.29, 1.82) is 0 Å². The monoisotopic (exact) mass is 198 g/mol. The maximum Gasteiger partial charge on any atom is 0.308 e. The summed E-state index contributed by atoms with van der Waals surface area (Å²) in [4.78, 5) is 11.6. The third-order valence-electron chi connectivity index (χ3n) is 2.88. The first-order chi connectivity index (χ1) is 6.70. The van der Waals surface area contributed by atoms with Crippen LogP contribution in [0.2, 0.25) is 0 Å². The third-order valence-corrected chi connectivity index (χ3v) is 2.88. The van der Waals surface area contributed by atoms with Gasteiger partial charge >= 0.3 is 5.97 Å². The lowest BCUT2D eigenvalue weighted by molar-refractivity contribution is -0.149. The Morgan fingerprint density at radius 3 is 2.50 bits per heavy atom. The van der Waals surface area contributed by atoms with Crippen LogP contribution < -0.4 is 0 Å². The number of carbonyl (C=O) groups excluding carboxylic acids is 1. The summed E-state index contributed by atoms with van der Waals surface area (Å²) in [5.74, 6) is 0.871. The number of rotatable bonds is 4. The Morgan fingerprint density at radius 1 is 1.29 bits per heavy atom. The van der Waals surface area contributed by atoms with Crippen LogP contribution >= 0.6 is 0 Å². The lowest BCUT2D eigenvalue weighted by Crippen LogP contribution is -2.21. The smallest absolute Gasteiger partial charge is 0.308 e. The molecule has 0 aromatic carbocycles. The molecule has 2 nitrogen and oxygen atoms in total. The van der Waals surface area contributed by atoms with E-state index in [1.165, 1.54) is 19.3 Å². The summed E-state index contributed by atoms with van der Waals surface area (Å²) in [6.07, 6.45) is 6.75. The Kier molecular flexibility index (Phi) is 4.99. The average Bonchev–Trinajstić information content (AvgIpc) is 2.18. The van der Waals surface area contributed by atoms with Gasteiger partial charge in [-0.3, -0.25) is 4.79 Å². The first-order valence-electron chi connectivity index (χ1n) is 5.87. The van der Waals surface area contributed by atoms with Crippen molar-refractivity contribution in [3.8, 4) is 0 Å². The van der Waals surface area contributed by atoms with E-state index in [4.69, 9.17) is 4.74 Å². The van der Waals surface area contributed by atoms with Crippen LogP contribution in [0.1, 0.15) is 52.4 Å². The second kappa shape index (κ2) is 6.05. The molecule has 1 saturated carbocycles. The molecule has 1 aliphatic carbocycles. The maximum absolute atomic E-state index is 11.6. The van der Waals surface area contributed by atoms with E-state index in [2.05, 4.69) is 13.8 Å². The zero-order chi connectivity index (χ0) is 10.4. The molecule has 0 N–H and O–H groups in total. The number of hydrogen-bond donors (Lipinski definition) is 0. The topological polar surface area (TPSA) is 26.3 Å². The van der Waals surface area contributed by atoms with Crippen LogP contribution in [0, 0.1) is 11.8 Å². The lowest BCUT2D eigenvalue weighted by atomic mass is 9.89. The first-order valence-corrected chi connectivity index (χ1v) is 5.87. The van der Waals surface area contributed by atoms with Crippen LogP contribution in [0.15, 0.2) is 0 Å². The molecular formula is C12H22O2. The van der Waals surface area contributed by atoms with Crippen molar-refractivity contribution in [3.05, 3.63) is 0 Å². The van der Waals surface area contributed by atoms with Crippen molar-refractivity contribution in [3.63, 3.8) is 0 Å². The van der Waals surface area contributed by atoms with Crippen molar-refractivity contribution in [2.75, 3.05) is 6.61 Å². The molecule has 2 heteroatoms. The van der Waals surface area contributed by atoms with E-state index in [0.717, 1.165) is 19.3 Å². The van der Waals surface area contributed by atoms with Gasteiger partial charge in [0.2, 0.25) is 0 Å². The van der Waals surface area contributed by atoms with Gasteiger partial charge in [0.25, 0.3) is 0 Å². The Morgan fingerprint density at radius 2 is 1.93 bits per heavy atom. The molecule has 0 bridgehead atoms. The second-order valence-corrected chi connectivity index (χ2v) is 4.68. The standard InChI is InChI=1S/C12H22O2/c1-10(2)8-9-14-12(13)11-6-4-3-5-7-11/h10-11H,3-9H2,1-2H3.